The SMILES string of the molecule is CCn1nc(C(=O)N/N=C/c2ccc(N3CCOCC3)s2)c2ccccc2c1=O. The summed E-state index contributed by atoms with van der Waals surface area (Å²) in [6.45, 7) is 5.41. The van der Waals surface area contributed by atoms with Crippen molar-refractivity contribution in [1.82, 2.24) is 15.2 Å². The predicted octanol–water partition coefficient (Wildman–Crippen LogP) is 2.08. The predicted molar refractivity (Wildman–Crippen MR) is 114 cm³/mol. The van der Waals surface area contributed by atoms with E-state index < -0.39 is 5.91 Å². The lowest BCUT2D eigenvalue weighted by atomic mass is 10.1. The molecule has 1 aromatic carbocycles. The number of hydrazone groups is 1. The first-order valence-corrected chi connectivity index (χ1v) is 10.2. The number of aromatic nitrogens is 2. The number of morpholine rings is 1. The smallest absolute Gasteiger partial charge is 0.292 e. The van der Waals surface area contributed by atoms with Crippen LogP contribution < -0.4 is 15.9 Å². The molecule has 0 atom stereocenters. The zero-order valence-corrected chi connectivity index (χ0v) is 16.8. The van der Waals surface area contributed by atoms with Gasteiger partial charge in [0.1, 0.15) is 0 Å². The van der Waals surface area contributed by atoms with Gasteiger partial charge < -0.3 is 9.64 Å². The number of nitrogens with zero attached hydrogens (tertiary/aromatic N) is 4. The Bertz CT molecular complexity index is 1110. The van der Waals surface area contributed by atoms with Gasteiger partial charge in [-0.05, 0) is 25.1 Å². The zero-order chi connectivity index (χ0) is 20.2. The molecule has 4 rings (SSSR count). The lowest BCUT2D eigenvalue weighted by Gasteiger charge is -2.27. The number of benzene rings is 1. The highest BCUT2D eigenvalue weighted by molar-refractivity contribution is 7.17. The summed E-state index contributed by atoms with van der Waals surface area (Å²) < 4.78 is 6.66. The lowest BCUT2D eigenvalue weighted by Crippen LogP contribution is -2.35. The number of rotatable bonds is 5. The number of thiophene rings is 1. The minimum absolute atomic E-state index is 0.180. The van der Waals surface area contributed by atoms with Crippen LogP contribution >= 0.6 is 11.3 Å². The molecule has 1 N–H and O–H groups in total. The summed E-state index contributed by atoms with van der Waals surface area (Å²) in [7, 11) is 0. The van der Waals surface area contributed by atoms with Gasteiger partial charge >= 0.3 is 0 Å². The Kier molecular flexibility index (Phi) is 5.68. The fourth-order valence-electron chi connectivity index (χ4n) is 3.19. The number of anilines is 1. The number of ether oxygens (including phenoxy) is 1. The van der Waals surface area contributed by atoms with Crippen LogP contribution in [-0.4, -0.2) is 48.2 Å². The van der Waals surface area contributed by atoms with E-state index in [-0.39, 0.29) is 11.3 Å². The van der Waals surface area contributed by atoms with Gasteiger partial charge in [0.05, 0.1) is 29.8 Å². The van der Waals surface area contributed by atoms with E-state index in [1.807, 2.05) is 19.1 Å². The molecule has 150 valence electrons. The van der Waals surface area contributed by atoms with Gasteiger partial charge in [-0.25, -0.2) is 10.1 Å². The van der Waals surface area contributed by atoms with Crippen molar-refractivity contribution in [3.05, 3.63) is 57.3 Å². The molecule has 29 heavy (non-hydrogen) atoms. The third-order valence-electron chi connectivity index (χ3n) is 4.68. The molecule has 1 saturated heterocycles. The minimum Gasteiger partial charge on any atom is -0.378 e. The zero-order valence-electron chi connectivity index (χ0n) is 16.0. The molecule has 1 fully saturated rings. The molecular formula is C20H21N5O3S. The molecule has 9 heteroatoms. The van der Waals surface area contributed by atoms with Crippen LogP contribution in [0.4, 0.5) is 5.00 Å². The van der Waals surface area contributed by atoms with Crippen LogP contribution in [0.3, 0.4) is 0 Å². The van der Waals surface area contributed by atoms with Crippen molar-refractivity contribution in [1.29, 1.82) is 0 Å². The molecule has 8 nitrogen and oxygen atoms in total. The van der Waals surface area contributed by atoms with E-state index >= 15 is 0 Å². The number of carbonyl (C=O) groups is 1. The summed E-state index contributed by atoms with van der Waals surface area (Å²) in [6.07, 6.45) is 1.62. The second kappa shape index (κ2) is 8.54. The lowest BCUT2D eigenvalue weighted by molar-refractivity contribution is 0.0949. The van der Waals surface area contributed by atoms with E-state index in [0.29, 0.717) is 17.3 Å². The van der Waals surface area contributed by atoms with Gasteiger partial charge in [-0.1, -0.05) is 18.2 Å². The van der Waals surface area contributed by atoms with Crippen molar-refractivity contribution in [2.45, 2.75) is 13.5 Å². The number of hydrogen-bond donors (Lipinski definition) is 1. The Hall–Kier alpha value is -3.04. The molecule has 0 saturated carbocycles. The molecule has 1 aliphatic rings. The van der Waals surface area contributed by atoms with Crippen molar-refractivity contribution in [2.24, 2.45) is 5.10 Å². The van der Waals surface area contributed by atoms with Gasteiger partial charge in [0.2, 0.25) is 0 Å². The summed E-state index contributed by atoms with van der Waals surface area (Å²) in [6, 6.07) is 11.0. The maximum atomic E-state index is 12.7. The molecule has 0 radical (unpaired) electrons. The van der Waals surface area contributed by atoms with Gasteiger partial charge in [-0.3, -0.25) is 9.59 Å². The number of nitrogens with one attached hydrogen (secondary N) is 1. The van der Waals surface area contributed by atoms with Crippen molar-refractivity contribution in [3.8, 4) is 0 Å². The summed E-state index contributed by atoms with van der Waals surface area (Å²) >= 11 is 1.61. The quantitative estimate of drug-likeness (QED) is 0.513. The first-order chi connectivity index (χ1) is 14.2. The number of amides is 1. The number of carbonyl (C=O) groups excluding carboxylic acids is 1. The molecule has 0 aliphatic carbocycles. The standard InChI is InChI=1S/C20H21N5O3S/c1-2-25-20(27)16-6-4-3-5-15(16)18(23-25)19(26)22-21-13-14-7-8-17(29-14)24-9-11-28-12-10-24/h3-8,13H,2,9-12H2,1H3,(H,22,26)/b21-13+. The van der Waals surface area contributed by atoms with Gasteiger partial charge in [0.25, 0.3) is 11.5 Å². The Balaban J connectivity index is 1.51. The highest BCUT2D eigenvalue weighted by atomic mass is 32.1. The Morgan fingerprint density at radius 1 is 1.24 bits per heavy atom. The molecule has 0 unspecified atom stereocenters. The Morgan fingerprint density at radius 2 is 2.00 bits per heavy atom. The summed E-state index contributed by atoms with van der Waals surface area (Å²) in [5.41, 5.74) is 2.49. The minimum atomic E-state index is -0.454. The van der Waals surface area contributed by atoms with E-state index in [9.17, 15) is 9.59 Å². The summed E-state index contributed by atoms with van der Waals surface area (Å²) in [4.78, 5) is 28.3. The van der Waals surface area contributed by atoms with Gasteiger partial charge in [0, 0.05) is 29.9 Å². The average molecular weight is 411 g/mol. The number of aryl methyl sites for hydroxylation is 1. The van der Waals surface area contributed by atoms with Crippen molar-refractivity contribution in [2.75, 3.05) is 31.2 Å². The Morgan fingerprint density at radius 3 is 2.76 bits per heavy atom. The van der Waals surface area contributed by atoms with Crippen molar-refractivity contribution in [3.63, 3.8) is 0 Å². The molecule has 3 aromatic rings. The van der Waals surface area contributed by atoms with Crippen LogP contribution in [0.1, 0.15) is 22.3 Å². The molecule has 2 aromatic heterocycles. The number of fused-ring (bicyclic) bond motifs is 1. The van der Waals surface area contributed by atoms with Gasteiger partial charge in [-0.2, -0.15) is 10.2 Å². The van der Waals surface area contributed by atoms with E-state index in [2.05, 4.69) is 20.5 Å². The van der Waals surface area contributed by atoms with Crippen molar-refractivity contribution < 1.29 is 9.53 Å². The molecule has 1 aliphatic heterocycles. The van der Waals surface area contributed by atoms with Crippen LogP contribution in [-0.2, 0) is 11.3 Å². The second-order valence-electron chi connectivity index (χ2n) is 6.49. The molecule has 0 bridgehead atoms. The second-order valence-corrected chi connectivity index (χ2v) is 7.58. The summed E-state index contributed by atoms with van der Waals surface area (Å²) in [5.74, 6) is -0.454. The van der Waals surface area contributed by atoms with E-state index in [4.69, 9.17) is 4.74 Å². The fraction of sp³-hybridized carbons (Fsp3) is 0.300. The van der Waals surface area contributed by atoms with Crippen LogP contribution in [0.5, 0.6) is 0 Å². The molecule has 3 heterocycles. The average Bonchev–Trinajstić information content (AvgIpc) is 3.24. The first kappa shape index (κ1) is 19.3. The van der Waals surface area contributed by atoms with Gasteiger partial charge in [0.15, 0.2) is 5.69 Å². The third-order valence-corrected chi connectivity index (χ3v) is 5.76. The van der Waals surface area contributed by atoms with Crippen LogP contribution in [0.2, 0.25) is 0 Å². The van der Waals surface area contributed by atoms with Crippen LogP contribution in [0.15, 0.2) is 46.3 Å². The summed E-state index contributed by atoms with van der Waals surface area (Å²) in [5, 5.41) is 10.4. The molecule has 0 spiro atoms. The fourth-order valence-corrected chi connectivity index (χ4v) is 4.12. The van der Waals surface area contributed by atoms with Crippen molar-refractivity contribution >= 4 is 39.2 Å². The highest BCUT2D eigenvalue weighted by Crippen LogP contribution is 2.25. The van der Waals surface area contributed by atoms with E-state index in [0.717, 1.165) is 36.2 Å². The maximum absolute atomic E-state index is 12.7. The third kappa shape index (κ3) is 4.06. The van der Waals surface area contributed by atoms with E-state index in [1.165, 1.54) is 4.68 Å². The van der Waals surface area contributed by atoms with E-state index in [1.54, 1.807) is 41.8 Å². The highest BCUT2D eigenvalue weighted by Gasteiger charge is 2.16. The number of hydrogen-bond acceptors (Lipinski definition) is 7. The van der Waals surface area contributed by atoms with Crippen LogP contribution in [0.25, 0.3) is 10.8 Å². The van der Waals surface area contributed by atoms with Crippen LogP contribution in [0, 0.1) is 0 Å². The topological polar surface area (TPSA) is 88.8 Å². The van der Waals surface area contributed by atoms with Gasteiger partial charge in [-0.15, -0.1) is 11.3 Å². The first-order valence-electron chi connectivity index (χ1n) is 9.43. The Labute approximate surface area is 171 Å². The molecular weight excluding hydrogens is 390 g/mol. The largest absolute Gasteiger partial charge is 0.378 e. The molecule has 1 amide bonds. The normalized spacial score (nSPS) is 14.6. The monoisotopic (exact) mass is 411 g/mol. The maximum Gasteiger partial charge on any atom is 0.292 e.